The molecule has 1 amide bonds. The molecule has 1 aliphatic rings. The van der Waals surface area contributed by atoms with Crippen LogP contribution >= 0.6 is 11.3 Å². The second kappa shape index (κ2) is 6.62. The van der Waals surface area contributed by atoms with E-state index in [1.54, 1.807) is 0 Å². The van der Waals surface area contributed by atoms with Crippen molar-refractivity contribution in [3.63, 3.8) is 0 Å². The highest BCUT2D eigenvalue weighted by atomic mass is 32.2. The Bertz CT molecular complexity index is 877. The summed E-state index contributed by atoms with van der Waals surface area (Å²) in [6.45, 7) is 2.17. The second-order valence-electron chi connectivity index (χ2n) is 5.92. The topological polar surface area (TPSA) is 75.3 Å². The van der Waals surface area contributed by atoms with Gasteiger partial charge in [0.1, 0.15) is 5.82 Å². The van der Waals surface area contributed by atoms with Crippen molar-refractivity contribution in [3.8, 4) is 0 Å². The van der Waals surface area contributed by atoms with Gasteiger partial charge in [-0.3, -0.25) is 10.2 Å². The van der Waals surface area contributed by atoms with Crippen LogP contribution < -0.4 is 10.3 Å². The van der Waals surface area contributed by atoms with Gasteiger partial charge in [0, 0.05) is 4.88 Å². The first-order valence-corrected chi connectivity index (χ1v) is 9.84. The van der Waals surface area contributed by atoms with Gasteiger partial charge in [0.25, 0.3) is 15.9 Å². The molecule has 8 heteroatoms. The fourth-order valence-corrected chi connectivity index (χ4v) is 4.66. The summed E-state index contributed by atoms with van der Waals surface area (Å²) in [7, 11) is -4.01. The van der Waals surface area contributed by atoms with Crippen LogP contribution in [-0.4, -0.2) is 14.3 Å². The molecular weight excluding hydrogens is 351 g/mol. The zero-order valence-corrected chi connectivity index (χ0v) is 14.6. The molecule has 5 nitrogen and oxygen atoms in total. The van der Waals surface area contributed by atoms with Gasteiger partial charge < -0.3 is 0 Å². The van der Waals surface area contributed by atoms with Gasteiger partial charge in [0.15, 0.2) is 0 Å². The maximum absolute atomic E-state index is 13.1. The molecule has 0 aliphatic heterocycles. The van der Waals surface area contributed by atoms with Crippen LogP contribution in [0.15, 0.2) is 35.2 Å². The fourth-order valence-electron chi connectivity index (χ4n) is 2.69. The molecule has 24 heavy (non-hydrogen) atoms. The van der Waals surface area contributed by atoms with Gasteiger partial charge in [-0.2, -0.15) is 0 Å². The van der Waals surface area contributed by atoms with Crippen LogP contribution in [0.25, 0.3) is 0 Å². The number of nitrogens with one attached hydrogen (secondary N) is 2. The maximum atomic E-state index is 13.1. The number of fused-ring (bicyclic) bond motifs is 1. The number of halogens is 1. The van der Waals surface area contributed by atoms with E-state index in [4.69, 9.17) is 0 Å². The highest BCUT2D eigenvalue weighted by Crippen LogP contribution is 2.32. The van der Waals surface area contributed by atoms with Gasteiger partial charge in [0.2, 0.25) is 0 Å². The van der Waals surface area contributed by atoms with E-state index in [9.17, 15) is 17.6 Å². The van der Waals surface area contributed by atoms with Crippen LogP contribution in [0, 0.1) is 11.7 Å². The lowest BCUT2D eigenvalue weighted by molar-refractivity contribution is 0.0949. The lowest BCUT2D eigenvalue weighted by atomic mass is 9.90. The van der Waals surface area contributed by atoms with Crippen molar-refractivity contribution in [2.75, 3.05) is 0 Å². The number of carbonyl (C=O) groups excluding carboxylic acids is 1. The number of hydrogen-bond donors (Lipinski definition) is 2. The van der Waals surface area contributed by atoms with Gasteiger partial charge in [-0.15, -0.1) is 16.2 Å². The number of sulfonamides is 1. The molecule has 1 aliphatic carbocycles. The highest BCUT2D eigenvalue weighted by Gasteiger charge is 2.22. The third-order valence-corrected chi connectivity index (χ3v) is 6.44. The monoisotopic (exact) mass is 368 g/mol. The lowest BCUT2D eigenvalue weighted by Gasteiger charge is -2.16. The standard InChI is InChI=1S/C16H17FN2O3S2/c1-10-5-6-14-11(7-10)8-15(23-14)16(20)18-19-24(21,22)13-4-2-3-12(17)9-13/h2-4,8-10,19H,5-7H2,1H3,(H,18,20)/t10-/m1/s1. The highest BCUT2D eigenvalue weighted by molar-refractivity contribution is 7.89. The first-order valence-electron chi connectivity index (χ1n) is 7.54. The molecule has 0 unspecified atom stereocenters. The van der Waals surface area contributed by atoms with Gasteiger partial charge in [-0.1, -0.05) is 13.0 Å². The van der Waals surface area contributed by atoms with Gasteiger partial charge >= 0.3 is 0 Å². The Hall–Kier alpha value is -1.77. The largest absolute Gasteiger partial charge is 0.276 e. The average Bonchev–Trinajstić information content (AvgIpc) is 2.96. The Morgan fingerprint density at radius 3 is 2.88 bits per heavy atom. The lowest BCUT2D eigenvalue weighted by Crippen LogP contribution is -2.41. The molecule has 0 saturated carbocycles. The Labute approximate surface area is 143 Å². The van der Waals surface area contributed by atoms with E-state index >= 15 is 0 Å². The minimum atomic E-state index is -4.01. The van der Waals surface area contributed by atoms with Crippen molar-refractivity contribution in [3.05, 3.63) is 51.5 Å². The number of hydrogen-bond acceptors (Lipinski definition) is 4. The first-order chi connectivity index (χ1) is 11.3. The predicted octanol–water partition coefficient (Wildman–Crippen LogP) is 2.64. The molecule has 3 rings (SSSR count). The third-order valence-electron chi connectivity index (χ3n) is 3.96. The number of hydrazine groups is 1. The van der Waals surface area contributed by atoms with Crippen molar-refractivity contribution in [2.45, 2.75) is 31.1 Å². The SMILES string of the molecule is C[C@@H]1CCc2sc(C(=O)NNS(=O)(=O)c3cccc(F)c3)cc2C1. The van der Waals surface area contributed by atoms with Crippen molar-refractivity contribution in [1.29, 1.82) is 0 Å². The fraction of sp³-hybridized carbons (Fsp3) is 0.312. The molecule has 1 heterocycles. The normalized spacial score (nSPS) is 17.3. The average molecular weight is 368 g/mol. The van der Waals surface area contributed by atoms with E-state index < -0.39 is 21.7 Å². The zero-order valence-electron chi connectivity index (χ0n) is 13.0. The van der Waals surface area contributed by atoms with E-state index in [0.29, 0.717) is 10.8 Å². The molecule has 1 atom stereocenters. The Morgan fingerprint density at radius 2 is 2.12 bits per heavy atom. The summed E-state index contributed by atoms with van der Waals surface area (Å²) in [4.78, 5) is 15.6. The van der Waals surface area contributed by atoms with Crippen LogP contribution in [0.1, 0.15) is 33.5 Å². The van der Waals surface area contributed by atoms with Crippen molar-refractivity contribution in [1.82, 2.24) is 10.3 Å². The molecule has 0 radical (unpaired) electrons. The van der Waals surface area contributed by atoms with Crippen molar-refractivity contribution >= 4 is 27.3 Å². The first kappa shape index (κ1) is 17.1. The van der Waals surface area contributed by atoms with E-state index in [2.05, 4.69) is 12.3 Å². The van der Waals surface area contributed by atoms with E-state index in [-0.39, 0.29) is 4.90 Å². The molecule has 128 valence electrons. The summed E-state index contributed by atoms with van der Waals surface area (Å²) in [5.74, 6) is -0.583. The molecule has 0 spiro atoms. The van der Waals surface area contributed by atoms with Crippen LogP contribution in [0.3, 0.4) is 0 Å². The van der Waals surface area contributed by atoms with E-state index in [0.717, 1.165) is 37.0 Å². The Balaban J connectivity index is 1.69. The summed E-state index contributed by atoms with van der Waals surface area (Å²) < 4.78 is 37.3. The number of benzene rings is 1. The van der Waals surface area contributed by atoms with Crippen LogP contribution in [-0.2, 0) is 22.9 Å². The van der Waals surface area contributed by atoms with Crippen LogP contribution in [0.5, 0.6) is 0 Å². The van der Waals surface area contributed by atoms with Crippen molar-refractivity contribution in [2.24, 2.45) is 5.92 Å². The Morgan fingerprint density at radius 1 is 1.33 bits per heavy atom. The maximum Gasteiger partial charge on any atom is 0.276 e. The third kappa shape index (κ3) is 3.66. The predicted molar refractivity (Wildman–Crippen MR) is 89.7 cm³/mol. The summed E-state index contributed by atoms with van der Waals surface area (Å²) in [5, 5.41) is 0. The van der Waals surface area contributed by atoms with Crippen molar-refractivity contribution < 1.29 is 17.6 Å². The summed E-state index contributed by atoms with van der Waals surface area (Å²) in [6, 6.07) is 6.40. The Kier molecular flexibility index (Phi) is 4.71. The molecule has 0 fully saturated rings. The number of rotatable bonds is 4. The number of thiophene rings is 1. The molecule has 1 aromatic carbocycles. The molecule has 0 bridgehead atoms. The van der Waals surface area contributed by atoms with Gasteiger partial charge in [0.05, 0.1) is 9.77 Å². The number of amides is 1. The van der Waals surface area contributed by atoms with Crippen LogP contribution in [0.4, 0.5) is 4.39 Å². The van der Waals surface area contributed by atoms with E-state index in [1.807, 2.05) is 10.9 Å². The molecule has 2 aromatic rings. The van der Waals surface area contributed by atoms with Gasteiger partial charge in [-0.05, 0) is 55.0 Å². The summed E-state index contributed by atoms with van der Waals surface area (Å²) >= 11 is 1.39. The van der Waals surface area contributed by atoms with Crippen LogP contribution in [0.2, 0.25) is 0 Å². The molecular formula is C16H17FN2O3S2. The quantitative estimate of drug-likeness (QED) is 0.815. The minimum Gasteiger partial charge on any atom is -0.273 e. The molecule has 1 aromatic heterocycles. The van der Waals surface area contributed by atoms with Gasteiger partial charge in [-0.25, -0.2) is 12.8 Å². The number of aryl methyl sites for hydroxylation is 1. The minimum absolute atomic E-state index is 0.248. The second-order valence-corrected chi connectivity index (χ2v) is 8.74. The molecule has 2 N–H and O–H groups in total. The van der Waals surface area contributed by atoms with E-state index in [1.165, 1.54) is 28.3 Å². The molecule has 0 saturated heterocycles. The summed E-state index contributed by atoms with van der Waals surface area (Å²) in [5.41, 5.74) is 3.35. The smallest absolute Gasteiger partial charge is 0.273 e. The summed E-state index contributed by atoms with van der Waals surface area (Å²) in [6.07, 6.45) is 2.98. The number of carbonyl (C=O) groups is 1. The zero-order chi connectivity index (χ0) is 17.3.